The van der Waals surface area contributed by atoms with E-state index < -0.39 is 23.3 Å². The van der Waals surface area contributed by atoms with Gasteiger partial charge >= 0.3 is 6.01 Å². The fraction of sp³-hybridized carbons (Fsp3) is 0.476. The van der Waals surface area contributed by atoms with Crippen LogP contribution in [0.25, 0.3) is 43.8 Å². The Morgan fingerprint density at radius 3 is 2.61 bits per heavy atom. The number of phenolic OH excluding ortho intramolecular Hbond substituents is 1. The minimum Gasteiger partial charge on any atom is -0.508 e. The number of alkyl halides is 1. The van der Waals surface area contributed by atoms with Gasteiger partial charge in [-0.3, -0.25) is 9.80 Å². The molecule has 0 amide bonds. The average molecular weight is 737 g/mol. The van der Waals surface area contributed by atoms with Gasteiger partial charge in [-0.15, -0.1) is 6.42 Å². The molecule has 2 aromatic heterocycles. The zero-order chi connectivity index (χ0) is 37.0. The molecule has 7 heterocycles. The van der Waals surface area contributed by atoms with E-state index in [1.54, 1.807) is 6.92 Å². The number of furan rings is 1. The number of anilines is 1. The summed E-state index contributed by atoms with van der Waals surface area (Å²) in [7, 11) is 2.16. The van der Waals surface area contributed by atoms with Gasteiger partial charge in [-0.2, -0.15) is 9.97 Å². The van der Waals surface area contributed by atoms with Crippen molar-refractivity contribution < 1.29 is 27.4 Å². The molecule has 3 aromatic carbocycles. The smallest absolute Gasteiger partial charge is 0.319 e. The maximum Gasteiger partial charge on any atom is 0.319 e. The molecule has 0 aliphatic carbocycles. The van der Waals surface area contributed by atoms with Crippen LogP contribution in [0, 0.1) is 36.8 Å². The van der Waals surface area contributed by atoms with Crippen molar-refractivity contribution in [3.05, 3.63) is 53.3 Å². The minimum absolute atomic E-state index is 0.0104. The summed E-state index contributed by atoms with van der Waals surface area (Å²) in [5, 5.41) is 12.7. The molecule has 0 radical (unpaired) electrons. The van der Waals surface area contributed by atoms with E-state index in [9.17, 15) is 9.50 Å². The molecule has 12 heteroatoms. The number of aryl methyl sites for hydroxylation is 1. The summed E-state index contributed by atoms with van der Waals surface area (Å²) in [6.45, 7) is 7.91. The lowest BCUT2D eigenvalue weighted by Gasteiger charge is -2.46. The van der Waals surface area contributed by atoms with Gasteiger partial charge in [0.1, 0.15) is 47.0 Å². The number of rotatable bonds is 7. The summed E-state index contributed by atoms with van der Waals surface area (Å²) < 4.78 is 60.5. The van der Waals surface area contributed by atoms with Crippen LogP contribution in [-0.4, -0.2) is 113 Å². The number of terminal acetylenes is 1. The van der Waals surface area contributed by atoms with Crippen molar-refractivity contribution in [1.29, 1.82) is 0 Å². The minimum atomic E-state index is -0.929. The predicted molar refractivity (Wildman–Crippen MR) is 202 cm³/mol. The molecule has 1 N–H and O–H groups in total. The zero-order valence-electron chi connectivity index (χ0n) is 30.5. The van der Waals surface area contributed by atoms with Gasteiger partial charge in [-0.25, -0.2) is 13.2 Å². The highest BCUT2D eigenvalue weighted by Gasteiger charge is 2.50. The van der Waals surface area contributed by atoms with Crippen LogP contribution in [0.2, 0.25) is 0 Å². The summed E-state index contributed by atoms with van der Waals surface area (Å²) >= 11 is 0. The highest BCUT2D eigenvalue weighted by molar-refractivity contribution is 6.18. The number of nitrogens with zero attached hydrogens (tertiary/aromatic N) is 6. The molecule has 5 aliphatic heterocycles. The van der Waals surface area contributed by atoms with Crippen molar-refractivity contribution in [2.75, 3.05) is 64.4 Å². The van der Waals surface area contributed by atoms with Gasteiger partial charge in [0.15, 0.2) is 5.82 Å². The Bertz CT molecular complexity index is 2380. The number of hydrogen-bond acceptors (Lipinski definition) is 9. The highest BCUT2D eigenvalue weighted by atomic mass is 19.1. The topological polar surface area (TPSA) is 81.3 Å². The van der Waals surface area contributed by atoms with Crippen LogP contribution < -0.4 is 9.64 Å². The van der Waals surface area contributed by atoms with Crippen molar-refractivity contribution in [1.82, 2.24) is 24.7 Å². The molecule has 280 valence electrons. The SMILES string of the molecule is C#Cc1c(F)ccc2cc(O)cc(-c3c(F)c4nc(OC[C@@]56CCCN5C[C@H](F)C6)nc(N5CC6CCC(C5)N6CC5CN(C)C5)c4c4cc(C)oc34)c12. The molecular formula is C42H43F3N6O3. The van der Waals surface area contributed by atoms with E-state index in [2.05, 4.69) is 32.6 Å². The largest absolute Gasteiger partial charge is 0.508 e. The van der Waals surface area contributed by atoms with Crippen molar-refractivity contribution >= 4 is 38.5 Å². The van der Waals surface area contributed by atoms with Gasteiger partial charge in [0.25, 0.3) is 0 Å². The normalized spacial score (nSPS) is 26.3. The van der Waals surface area contributed by atoms with E-state index in [0.717, 1.165) is 65.0 Å². The average Bonchev–Trinajstić information content (AvgIpc) is 3.85. The molecule has 2 unspecified atom stereocenters. The van der Waals surface area contributed by atoms with Gasteiger partial charge in [0.2, 0.25) is 0 Å². The van der Waals surface area contributed by atoms with Gasteiger partial charge in [-0.1, -0.05) is 12.0 Å². The lowest BCUT2D eigenvalue weighted by Crippen LogP contribution is -2.58. The molecule has 5 aliphatic rings. The Hall–Kier alpha value is -4.57. The third-order valence-corrected chi connectivity index (χ3v) is 12.9. The van der Waals surface area contributed by atoms with E-state index >= 15 is 8.78 Å². The Morgan fingerprint density at radius 2 is 1.85 bits per heavy atom. The number of phenols is 1. The summed E-state index contributed by atoms with van der Waals surface area (Å²) in [6, 6.07) is 8.16. The number of hydrogen-bond donors (Lipinski definition) is 1. The molecule has 54 heavy (non-hydrogen) atoms. The highest BCUT2D eigenvalue weighted by Crippen LogP contribution is 2.47. The molecular weight excluding hydrogens is 693 g/mol. The molecule has 5 fully saturated rings. The first kappa shape index (κ1) is 34.0. The van der Waals surface area contributed by atoms with Crippen molar-refractivity contribution in [3.8, 4) is 35.2 Å². The van der Waals surface area contributed by atoms with E-state index in [1.165, 1.54) is 24.3 Å². The fourth-order valence-corrected chi connectivity index (χ4v) is 10.6. The van der Waals surface area contributed by atoms with Gasteiger partial charge < -0.3 is 24.1 Å². The summed E-state index contributed by atoms with van der Waals surface area (Å²) in [5.41, 5.74) is -0.0499. The van der Waals surface area contributed by atoms with Crippen LogP contribution in [0.3, 0.4) is 0 Å². The van der Waals surface area contributed by atoms with Gasteiger partial charge in [0.05, 0.1) is 22.1 Å². The molecule has 0 spiro atoms. The zero-order valence-corrected chi connectivity index (χ0v) is 30.5. The molecule has 9 nitrogen and oxygen atoms in total. The molecule has 5 saturated heterocycles. The van der Waals surface area contributed by atoms with Crippen molar-refractivity contribution in [2.24, 2.45) is 5.92 Å². The van der Waals surface area contributed by atoms with E-state index in [4.69, 9.17) is 25.5 Å². The van der Waals surface area contributed by atoms with Crippen LogP contribution in [0.5, 0.6) is 11.8 Å². The van der Waals surface area contributed by atoms with Gasteiger partial charge in [-0.05, 0) is 81.8 Å². The molecule has 0 saturated carbocycles. The number of piperazine rings is 1. The van der Waals surface area contributed by atoms with Crippen LogP contribution in [0.4, 0.5) is 19.0 Å². The maximum absolute atomic E-state index is 17.7. The van der Waals surface area contributed by atoms with E-state index in [1.807, 2.05) is 6.07 Å². The van der Waals surface area contributed by atoms with E-state index in [0.29, 0.717) is 58.7 Å². The first-order chi connectivity index (χ1) is 26.1. The molecule has 5 aromatic rings. The third-order valence-electron chi connectivity index (χ3n) is 12.9. The summed E-state index contributed by atoms with van der Waals surface area (Å²) in [5.74, 6) is 2.72. The number of benzene rings is 3. The van der Waals surface area contributed by atoms with Crippen molar-refractivity contribution in [2.45, 2.75) is 62.8 Å². The molecule has 10 rings (SSSR count). The van der Waals surface area contributed by atoms with Crippen LogP contribution in [0.15, 0.2) is 34.7 Å². The molecule has 2 bridgehead atoms. The number of aromatic hydroxyl groups is 1. The maximum atomic E-state index is 17.7. The van der Waals surface area contributed by atoms with Crippen LogP contribution >= 0.6 is 0 Å². The Balaban J connectivity index is 1.15. The van der Waals surface area contributed by atoms with Crippen LogP contribution in [0.1, 0.15) is 43.4 Å². The second-order valence-electron chi connectivity index (χ2n) is 16.4. The Morgan fingerprint density at radius 1 is 1.06 bits per heavy atom. The quantitative estimate of drug-likeness (QED) is 0.185. The number of fused-ring (bicyclic) bond motifs is 7. The monoisotopic (exact) mass is 736 g/mol. The van der Waals surface area contributed by atoms with E-state index in [-0.39, 0.29) is 51.5 Å². The standard InChI is InChI=1S/C42H43F3N6O3/c1-4-30-33(44)9-6-25-13-29(52)14-31(34(25)30)35-37(45)38-36(32-12-23(2)54-39(32)35)40(47-41(46-38)53-22-42-10-5-11-50(42)19-26(43)15-42)49-20-27-7-8-28(21-49)51(27)18-24-16-48(3)17-24/h1,6,9,12-14,24,26-28,52H,5,7-8,10-11,15-22H2,2-3H3/t26-,27?,28?,42+/m1/s1. The number of halogens is 3. The number of likely N-dealkylation sites (tertiary alicyclic amines) is 1. The number of aromatic nitrogens is 2. The van der Waals surface area contributed by atoms with Crippen molar-refractivity contribution in [3.63, 3.8) is 0 Å². The lowest BCUT2D eigenvalue weighted by molar-refractivity contribution is 0.0623. The first-order valence-corrected chi connectivity index (χ1v) is 19.2. The molecule has 4 atom stereocenters. The summed E-state index contributed by atoms with van der Waals surface area (Å²) in [4.78, 5) is 19.3. The Kier molecular flexibility index (Phi) is 7.85. The fourth-order valence-electron chi connectivity index (χ4n) is 10.6. The summed E-state index contributed by atoms with van der Waals surface area (Å²) in [6.07, 6.45) is 9.21. The van der Waals surface area contributed by atoms with Crippen LogP contribution in [-0.2, 0) is 0 Å². The number of ether oxygens (including phenoxy) is 1. The Labute approximate surface area is 311 Å². The second-order valence-corrected chi connectivity index (χ2v) is 16.4. The second kappa shape index (κ2) is 12.5. The third kappa shape index (κ3) is 5.26. The predicted octanol–water partition coefficient (Wildman–Crippen LogP) is 6.64. The first-order valence-electron chi connectivity index (χ1n) is 19.2. The lowest BCUT2D eigenvalue weighted by atomic mass is 9.91. The van der Waals surface area contributed by atoms with Gasteiger partial charge in [0, 0.05) is 74.1 Å².